The smallest absolute Gasteiger partial charge is 0.130 e. The highest BCUT2D eigenvalue weighted by Crippen LogP contribution is 2.28. The van der Waals surface area contributed by atoms with Crippen molar-refractivity contribution in [3.05, 3.63) is 64.1 Å². The van der Waals surface area contributed by atoms with E-state index in [1.165, 1.54) is 6.07 Å². The van der Waals surface area contributed by atoms with Crippen LogP contribution in [0, 0.1) is 5.82 Å². The summed E-state index contributed by atoms with van der Waals surface area (Å²) in [5, 5.41) is 10.0. The lowest BCUT2D eigenvalue weighted by molar-refractivity contribution is 0.172. The zero-order valence-corrected chi connectivity index (χ0v) is 10.6. The first-order valence-corrected chi connectivity index (χ1v) is 5.98. The van der Waals surface area contributed by atoms with Gasteiger partial charge in [-0.25, -0.2) is 4.39 Å². The lowest BCUT2D eigenvalue weighted by Crippen LogP contribution is -2.05. The third-order valence-electron chi connectivity index (χ3n) is 2.48. The van der Waals surface area contributed by atoms with E-state index in [4.69, 9.17) is 0 Å². The summed E-state index contributed by atoms with van der Waals surface area (Å²) < 4.78 is 14.2. The third kappa shape index (κ3) is 2.90. The standard InChI is InChI=1S/C13H11BrFNO/c14-10-4-1-5-11(15)13(10)12(17)7-9-3-2-6-16-8-9/h1-6,8,12,17H,7H2. The van der Waals surface area contributed by atoms with Gasteiger partial charge in [-0.05, 0) is 23.8 Å². The molecular formula is C13H11BrFNO. The normalized spacial score (nSPS) is 12.4. The number of halogens is 2. The van der Waals surface area contributed by atoms with Crippen LogP contribution < -0.4 is 0 Å². The first kappa shape index (κ1) is 12.2. The van der Waals surface area contributed by atoms with Gasteiger partial charge in [0.25, 0.3) is 0 Å². The van der Waals surface area contributed by atoms with E-state index in [2.05, 4.69) is 20.9 Å². The van der Waals surface area contributed by atoms with Crippen LogP contribution in [0.1, 0.15) is 17.2 Å². The lowest BCUT2D eigenvalue weighted by Gasteiger charge is -2.13. The highest BCUT2D eigenvalue weighted by atomic mass is 79.9. The Labute approximate surface area is 107 Å². The predicted molar refractivity (Wildman–Crippen MR) is 67.0 cm³/mol. The summed E-state index contributed by atoms with van der Waals surface area (Å²) >= 11 is 3.25. The maximum Gasteiger partial charge on any atom is 0.130 e. The van der Waals surface area contributed by atoms with Crippen molar-refractivity contribution in [2.75, 3.05) is 0 Å². The van der Waals surface area contributed by atoms with Crippen LogP contribution in [0.5, 0.6) is 0 Å². The minimum atomic E-state index is -0.880. The maximum absolute atomic E-state index is 13.6. The zero-order chi connectivity index (χ0) is 12.3. The predicted octanol–water partition coefficient (Wildman–Crippen LogP) is 3.26. The van der Waals surface area contributed by atoms with Crippen molar-refractivity contribution >= 4 is 15.9 Å². The second kappa shape index (κ2) is 5.38. The molecule has 0 aliphatic rings. The van der Waals surface area contributed by atoms with E-state index >= 15 is 0 Å². The first-order chi connectivity index (χ1) is 8.18. The molecule has 0 spiro atoms. The molecule has 0 saturated carbocycles. The first-order valence-electron chi connectivity index (χ1n) is 5.19. The quantitative estimate of drug-likeness (QED) is 0.943. The van der Waals surface area contributed by atoms with Gasteiger partial charge in [0, 0.05) is 28.9 Å². The molecule has 0 saturated heterocycles. The van der Waals surface area contributed by atoms with Crippen LogP contribution in [0.2, 0.25) is 0 Å². The van der Waals surface area contributed by atoms with Gasteiger partial charge >= 0.3 is 0 Å². The summed E-state index contributed by atoms with van der Waals surface area (Å²) in [6.07, 6.45) is 2.79. The van der Waals surface area contributed by atoms with E-state index in [0.29, 0.717) is 10.9 Å². The van der Waals surface area contributed by atoms with Crippen molar-refractivity contribution in [1.82, 2.24) is 4.98 Å². The maximum atomic E-state index is 13.6. The largest absolute Gasteiger partial charge is 0.388 e. The average molecular weight is 296 g/mol. The second-order valence-corrected chi connectivity index (χ2v) is 4.57. The minimum Gasteiger partial charge on any atom is -0.388 e. The van der Waals surface area contributed by atoms with Crippen LogP contribution in [0.4, 0.5) is 4.39 Å². The van der Waals surface area contributed by atoms with Crippen LogP contribution in [0.3, 0.4) is 0 Å². The van der Waals surface area contributed by atoms with Crippen molar-refractivity contribution in [3.63, 3.8) is 0 Å². The number of pyridine rings is 1. The Hall–Kier alpha value is -1.26. The van der Waals surface area contributed by atoms with Gasteiger partial charge in [-0.15, -0.1) is 0 Å². The number of rotatable bonds is 3. The van der Waals surface area contributed by atoms with Crippen molar-refractivity contribution in [2.24, 2.45) is 0 Å². The second-order valence-electron chi connectivity index (χ2n) is 3.72. The Balaban J connectivity index is 2.23. The highest BCUT2D eigenvalue weighted by molar-refractivity contribution is 9.10. The van der Waals surface area contributed by atoms with Gasteiger partial charge in [-0.3, -0.25) is 4.98 Å². The van der Waals surface area contributed by atoms with Gasteiger partial charge in [0.15, 0.2) is 0 Å². The van der Waals surface area contributed by atoms with Gasteiger partial charge < -0.3 is 5.11 Å². The number of benzene rings is 1. The van der Waals surface area contributed by atoms with E-state index in [1.807, 2.05) is 6.07 Å². The molecule has 2 nitrogen and oxygen atoms in total. The molecule has 0 radical (unpaired) electrons. The summed E-state index contributed by atoms with van der Waals surface area (Å²) in [4.78, 5) is 3.96. The third-order valence-corrected chi connectivity index (χ3v) is 3.18. The number of aromatic nitrogens is 1. The number of nitrogens with zero attached hydrogens (tertiary/aromatic N) is 1. The molecule has 1 N–H and O–H groups in total. The summed E-state index contributed by atoms with van der Waals surface area (Å²) in [7, 11) is 0. The van der Waals surface area contributed by atoms with Crippen LogP contribution in [-0.2, 0) is 6.42 Å². The number of aliphatic hydroxyl groups excluding tert-OH is 1. The van der Waals surface area contributed by atoms with Crippen LogP contribution in [0.25, 0.3) is 0 Å². The van der Waals surface area contributed by atoms with Crippen molar-refractivity contribution in [2.45, 2.75) is 12.5 Å². The van der Waals surface area contributed by atoms with Crippen LogP contribution in [0.15, 0.2) is 47.2 Å². The minimum absolute atomic E-state index is 0.288. The van der Waals surface area contributed by atoms with Crippen molar-refractivity contribution in [3.8, 4) is 0 Å². The Morgan fingerprint density at radius 1 is 1.29 bits per heavy atom. The fourth-order valence-corrected chi connectivity index (χ4v) is 2.28. The van der Waals surface area contributed by atoms with Crippen molar-refractivity contribution < 1.29 is 9.50 Å². The molecule has 0 aliphatic carbocycles. The van der Waals surface area contributed by atoms with E-state index < -0.39 is 11.9 Å². The fourth-order valence-electron chi connectivity index (χ4n) is 1.67. The molecule has 1 aromatic carbocycles. The topological polar surface area (TPSA) is 33.1 Å². The van der Waals surface area contributed by atoms with Crippen LogP contribution >= 0.6 is 15.9 Å². The molecule has 0 fully saturated rings. The Morgan fingerprint density at radius 2 is 2.12 bits per heavy atom. The Morgan fingerprint density at radius 3 is 2.76 bits per heavy atom. The average Bonchev–Trinajstić information content (AvgIpc) is 2.30. The molecule has 88 valence electrons. The zero-order valence-electron chi connectivity index (χ0n) is 8.98. The molecule has 1 heterocycles. The van der Waals surface area contributed by atoms with Gasteiger partial charge in [0.05, 0.1) is 6.10 Å². The lowest BCUT2D eigenvalue weighted by atomic mass is 10.0. The molecule has 2 rings (SSSR count). The molecule has 1 aromatic heterocycles. The summed E-state index contributed by atoms with van der Waals surface area (Å²) in [6, 6.07) is 8.29. The molecule has 1 unspecified atom stereocenters. The molecule has 2 aromatic rings. The van der Waals surface area contributed by atoms with E-state index in [9.17, 15) is 9.50 Å². The molecule has 0 amide bonds. The van der Waals surface area contributed by atoms with Gasteiger partial charge in [0.2, 0.25) is 0 Å². The van der Waals surface area contributed by atoms with Gasteiger partial charge in [-0.2, -0.15) is 0 Å². The molecule has 0 aliphatic heterocycles. The van der Waals surface area contributed by atoms with Gasteiger partial charge in [-0.1, -0.05) is 28.1 Å². The SMILES string of the molecule is OC(Cc1cccnc1)c1c(F)cccc1Br. The number of hydrogen-bond donors (Lipinski definition) is 1. The fraction of sp³-hybridized carbons (Fsp3) is 0.154. The van der Waals surface area contributed by atoms with E-state index in [0.717, 1.165) is 5.56 Å². The summed E-state index contributed by atoms with van der Waals surface area (Å²) in [5.74, 6) is -0.407. The Bertz CT molecular complexity index is 484. The van der Waals surface area contributed by atoms with E-state index in [1.54, 1.807) is 30.6 Å². The molecule has 1 atom stereocenters. The van der Waals surface area contributed by atoms with Crippen LogP contribution in [-0.4, -0.2) is 10.1 Å². The van der Waals surface area contributed by atoms with E-state index in [-0.39, 0.29) is 5.56 Å². The summed E-state index contributed by atoms with van der Waals surface area (Å²) in [6.45, 7) is 0. The number of aliphatic hydroxyl groups is 1. The highest BCUT2D eigenvalue weighted by Gasteiger charge is 2.16. The van der Waals surface area contributed by atoms with Crippen molar-refractivity contribution in [1.29, 1.82) is 0 Å². The monoisotopic (exact) mass is 295 g/mol. The summed E-state index contributed by atoms with van der Waals surface area (Å²) in [5.41, 5.74) is 1.16. The molecule has 0 bridgehead atoms. The molecule has 17 heavy (non-hydrogen) atoms. The number of hydrogen-bond acceptors (Lipinski definition) is 2. The van der Waals surface area contributed by atoms with Gasteiger partial charge in [0.1, 0.15) is 5.82 Å². The molecular weight excluding hydrogens is 285 g/mol. The molecule has 4 heteroatoms. The Kier molecular flexibility index (Phi) is 3.86.